The number of hydrogen-bond donors (Lipinski definition) is 4. The third-order valence-corrected chi connectivity index (χ3v) is 4.66. The molecule has 3 heterocycles. The minimum Gasteiger partial charge on any atom is -0.492 e. The lowest BCUT2D eigenvalue weighted by molar-refractivity contribution is -0.112. The first-order valence-electron chi connectivity index (χ1n) is 7.64. The van der Waals surface area contributed by atoms with Crippen molar-refractivity contribution in [2.45, 2.75) is 0 Å². The molecule has 0 saturated carbocycles. The second-order valence-electron chi connectivity index (χ2n) is 5.25. The number of hydrogen-bond acceptors (Lipinski definition) is 9. The van der Waals surface area contributed by atoms with E-state index >= 15 is 0 Å². The molecule has 0 aliphatic carbocycles. The van der Waals surface area contributed by atoms with Crippen LogP contribution < -0.4 is 15.5 Å². The highest BCUT2D eigenvalue weighted by Crippen LogP contribution is 2.37. The summed E-state index contributed by atoms with van der Waals surface area (Å²) in [5.74, 6) is -0.634. The fraction of sp³-hybridized carbons (Fsp3) is 0.333. The van der Waals surface area contributed by atoms with Gasteiger partial charge in [0.1, 0.15) is 5.52 Å². The van der Waals surface area contributed by atoms with Gasteiger partial charge in [-0.15, -0.1) is 0 Å². The zero-order valence-corrected chi connectivity index (χ0v) is 14.4. The molecule has 2 aromatic rings. The first kappa shape index (κ1) is 17.1. The number of nitrogens with one attached hydrogen (secondary N) is 3. The van der Waals surface area contributed by atoms with Crippen LogP contribution in [-0.2, 0) is 9.53 Å². The van der Waals surface area contributed by atoms with E-state index in [9.17, 15) is 9.90 Å². The molecule has 2 aromatic heterocycles. The second kappa shape index (κ2) is 7.45. The summed E-state index contributed by atoms with van der Waals surface area (Å²) in [5, 5.41) is 23.0. The van der Waals surface area contributed by atoms with Gasteiger partial charge in [0.25, 0.3) is 5.91 Å². The van der Waals surface area contributed by atoms with Crippen molar-refractivity contribution in [2.24, 2.45) is 0 Å². The Bertz CT molecular complexity index is 828. The number of fused-ring (bicyclic) bond motifs is 1. The van der Waals surface area contributed by atoms with Crippen molar-refractivity contribution in [1.29, 1.82) is 5.41 Å². The van der Waals surface area contributed by atoms with Crippen molar-refractivity contribution in [2.75, 3.05) is 43.6 Å². The topological polar surface area (TPSA) is 123 Å². The summed E-state index contributed by atoms with van der Waals surface area (Å²) in [7, 11) is 1.65. The van der Waals surface area contributed by atoms with E-state index < -0.39 is 5.91 Å². The molecule has 10 heteroatoms. The zero-order chi connectivity index (χ0) is 17.8. The highest BCUT2D eigenvalue weighted by molar-refractivity contribution is 7.23. The molecule has 0 radical (unpaired) electrons. The molecule has 1 amide bonds. The monoisotopic (exact) mass is 362 g/mol. The summed E-state index contributed by atoms with van der Waals surface area (Å²) in [6.07, 6.45) is 3.99. The number of morpholine rings is 1. The molecule has 0 bridgehead atoms. The van der Waals surface area contributed by atoms with E-state index in [-0.39, 0.29) is 11.5 Å². The first-order chi connectivity index (χ1) is 12.1. The molecular weight excluding hydrogens is 344 g/mol. The number of rotatable bonds is 5. The molecule has 3 rings (SSSR count). The average molecular weight is 362 g/mol. The maximum atomic E-state index is 12.2. The third-order valence-electron chi connectivity index (χ3n) is 3.67. The number of carbonyl (C=O) groups is 1. The van der Waals surface area contributed by atoms with Crippen molar-refractivity contribution >= 4 is 44.5 Å². The molecular formula is C15H18N6O3S. The Labute approximate surface area is 147 Å². The fourth-order valence-corrected chi connectivity index (χ4v) is 3.46. The highest BCUT2D eigenvalue weighted by Gasteiger charge is 2.20. The SMILES string of the molecule is CN/C=C(\C=N)C(=O)Nc1nc2c(O)ncc(N3CCOCC3)c2s1. The van der Waals surface area contributed by atoms with Crippen LogP contribution in [0.5, 0.6) is 5.88 Å². The van der Waals surface area contributed by atoms with E-state index in [2.05, 4.69) is 25.5 Å². The lowest BCUT2D eigenvalue weighted by atomic mass is 10.3. The van der Waals surface area contributed by atoms with Crippen molar-refractivity contribution in [3.8, 4) is 5.88 Å². The Morgan fingerprint density at radius 2 is 2.24 bits per heavy atom. The average Bonchev–Trinajstić information content (AvgIpc) is 3.05. The van der Waals surface area contributed by atoms with Crippen LogP contribution in [0.4, 0.5) is 10.8 Å². The number of amides is 1. The Balaban J connectivity index is 1.93. The number of pyridine rings is 1. The van der Waals surface area contributed by atoms with E-state index in [0.717, 1.165) is 29.7 Å². The van der Waals surface area contributed by atoms with Crippen LogP contribution in [0.25, 0.3) is 10.2 Å². The number of aromatic nitrogens is 2. The molecule has 1 saturated heterocycles. The smallest absolute Gasteiger partial charge is 0.260 e. The molecule has 0 unspecified atom stereocenters. The Morgan fingerprint density at radius 3 is 2.92 bits per heavy atom. The largest absolute Gasteiger partial charge is 0.492 e. The fourth-order valence-electron chi connectivity index (χ4n) is 2.47. The van der Waals surface area contributed by atoms with Gasteiger partial charge in [-0.1, -0.05) is 11.3 Å². The predicted octanol–water partition coefficient (Wildman–Crippen LogP) is 0.925. The summed E-state index contributed by atoms with van der Waals surface area (Å²) < 4.78 is 6.11. The third kappa shape index (κ3) is 3.54. The lowest BCUT2D eigenvalue weighted by Crippen LogP contribution is -2.36. The van der Waals surface area contributed by atoms with Gasteiger partial charge in [-0.05, 0) is 0 Å². The standard InChI is InChI=1S/C15H18N6O3S/c1-17-7-9(6-16)13(22)20-15-19-11-12(25-15)10(8-18-14(11)23)21-2-4-24-5-3-21/h6-8,16-17H,2-5H2,1H3,(H,18,23)(H,19,20,22)/b9-7+,16-6?. The number of thiazole rings is 1. The molecule has 0 atom stereocenters. The van der Waals surface area contributed by atoms with Gasteiger partial charge < -0.3 is 25.5 Å². The lowest BCUT2D eigenvalue weighted by Gasteiger charge is -2.28. The van der Waals surface area contributed by atoms with Crippen molar-refractivity contribution in [1.82, 2.24) is 15.3 Å². The Hall–Kier alpha value is -2.72. The number of anilines is 2. The normalized spacial score (nSPS) is 15.2. The van der Waals surface area contributed by atoms with Crippen molar-refractivity contribution < 1.29 is 14.6 Å². The molecule has 1 aliphatic rings. The van der Waals surface area contributed by atoms with Crippen molar-refractivity contribution in [3.05, 3.63) is 18.0 Å². The molecule has 1 fully saturated rings. The van der Waals surface area contributed by atoms with E-state index in [1.807, 2.05) is 0 Å². The van der Waals surface area contributed by atoms with Crippen LogP contribution in [0.2, 0.25) is 0 Å². The molecule has 25 heavy (non-hydrogen) atoms. The summed E-state index contributed by atoms with van der Waals surface area (Å²) in [4.78, 5) is 22.6. The minimum absolute atomic E-state index is 0.164. The van der Waals surface area contributed by atoms with Crippen molar-refractivity contribution in [3.63, 3.8) is 0 Å². The minimum atomic E-state index is -0.455. The van der Waals surface area contributed by atoms with Crippen LogP contribution in [0.1, 0.15) is 0 Å². The highest BCUT2D eigenvalue weighted by atomic mass is 32.1. The van der Waals surface area contributed by atoms with E-state index in [4.69, 9.17) is 10.1 Å². The van der Waals surface area contributed by atoms with Gasteiger partial charge in [0, 0.05) is 32.6 Å². The predicted molar refractivity (Wildman–Crippen MR) is 96.7 cm³/mol. The van der Waals surface area contributed by atoms with Gasteiger partial charge in [0.05, 0.1) is 35.4 Å². The molecule has 132 valence electrons. The quantitative estimate of drug-likeness (QED) is 0.461. The Kier molecular flexibility index (Phi) is 5.10. The van der Waals surface area contributed by atoms with E-state index in [0.29, 0.717) is 23.9 Å². The van der Waals surface area contributed by atoms with Crippen LogP contribution in [0.15, 0.2) is 18.0 Å². The van der Waals surface area contributed by atoms with Gasteiger partial charge in [-0.25, -0.2) is 9.97 Å². The van der Waals surface area contributed by atoms with Crippen LogP contribution in [0, 0.1) is 5.41 Å². The zero-order valence-electron chi connectivity index (χ0n) is 13.6. The number of aromatic hydroxyl groups is 1. The maximum Gasteiger partial charge on any atom is 0.260 e. The van der Waals surface area contributed by atoms with Gasteiger partial charge in [0.2, 0.25) is 5.88 Å². The summed E-state index contributed by atoms with van der Waals surface area (Å²) in [6, 6.07) is 0. The molecule has 0 spiro atoms. The summed E-state index contributed by atoms with van der Waals surface area (Å²) in [5.41, 5.74) is 1.36. The Morgan fingerprint density at radius 1 is 1.48 bits per heavy atom. The molecule has 0 aromatic carbocycles. The van der Waals surface area contributed by atoms with Crippen LogP contribution in [-0.4, -0.2) is 60.5 Å². The van der Waals surface area contributed by atoms with Gasteiger partial charge >= 0.3 is 0 Å². The van der Waals surface area contributed by atoms with Gasteiger partial charge in [-0.3, -0.25) is 10.1 Å². The molecule has 9 nitrogen and oxygen atoms in total. The second-order valence-corrected chi connectivity index (χ2v) is 6.25. The number of ether oxygens (including phenoxy) is 1. The maximum absolute atomic E-state index is 12.2. The summed E-state index contributed by atoms with van der Waals surface area (Å²) >= 11 is 1.26. The molecule has 1 aliphatic heterocycles. The van der Waals surface area contributed by atoms with E-state index in [1.165, 1.54) is 17.5 Å². The summed E-state index contributed by atoms with van der Waals surface area (Å²) in [6.45, 7) is 2.71. The van der Waals surface area contributed by atoms with Gasteiger partial charge in [-0.2, -0.15) is 0 Å². The number of carbonyl (C=O) groups excluding carboxylic acids is 1. The van der Waals surface area contributed by atoms with Crippen LogP contribution in [0.3, 0.4) is 0 Å². The number of nitrogens with zero attached hydrogens (tertiary/aromatic N) is 3. The van der Waals surface area contributed by atoms with E-state index in [1.54, 1.807) is 13.2 Å². The molecule has 4 N–H and O–H groups in total. The first-order valence-corrected chi connectivity index (χ1v) is 8.46. The van der Waals surface area contributed by atoms with Crippen LogP contribution >= 0.6 is 11.3 Å². The van der Waals surface area contributed by atoms with Gasteiger partial charge in [0.15, 0.2) is 5.13 Å².